The van der Waals surface area contributed by atoms with E-state index in [1.165, 1.54) is 24.3 Å². The topological polar surface area (TPSA) is 122 Å². The van der Waals surface area contributed by atoms with Gasteiger partial charge in [0, 0.05) is 12.1 Å². The largest absolute Gasteiger partial charge is 0.482 e. The zero-order valence-corrected chi connectivity index (χ0v) is 9.75. The molecule has 1 saturated heterocycles. The molecule has 0 spiro atoms. The Bertz CT molecular complexity index is 449. The van der Waals surface area contributed by atoms with Crippen LogP contribution in [-0.2, 0) is 4.74 Å². The molecule has 2 rings (SSSR count). The second-order valence-corrected chi connectivity index (χ2v) is 4.12. The summed E-state index contributed by atoms with van der Waals surface area (Å²) in [7, 11) is 0. The quantitative estimate of drug-likeness (QED) is 0.496. The maximum absolute atomic E-state index is 10.5. The average molecular weight is 271 g/mol. The molecule has 19 heavy (non-hydrogen) atoms. The molecule has 1 heterocycles. The van der Waals surface area contributed by atoms with Crippen molar-refractivity contribution in [3.8, 4) is 5.75 Å². The van der Waals surface area contributed by atoms with Gasteiger partial charge in [0.05, 0.1) is 11.5 Å². The molecule has 0 aliphatic carbocycles. The summed E-state index contributed by atoms with van der Waals surface area (Å²) < 4.78 is 10.1. The molecule has 0 amide bonds. The van der Waals surface area contributed by atoms with E-state index in [4.69, 9.17) is 9.47 Å². The lowest BCUT2D eigenvalue weighted by Crippen LogP contribution is -2.55. The normalized spacial score (nSPS) is 30.9. The Morgan fingerprint density at radius 2 is 1.89 bits per heavy atom. The van der Waals surface area contributed by atoms with Crippen molar-refractivity contribution in [2.45, 2.75) is 24.6 Å². The van der Waals surface area contributed by atoms with Gasteiger partial charge in [0.25, 0.3) is 5.69 Å². The zero-order chi connectivity index (χ0) is 14.0. The summed E-state index contributed by atoms with van der Waals surface area (Å²) in [5.41, 5.74) is -0.103. The van der Waals surface area contributed by atoms with Crippen LogP contribution in [0.15, 0.2) is 24.3 Å². The molecule has 1 aliphatic rings. The van der Waals surface area contributed by atoms with E-state index in [1.54, 1.807) is 0 Å². The predicted molar refractivity (Wildman–Crippen MR) is 61.5 cm³/mol. The van der Waals surface area contributed by atoms with Gasteiger partial charge in [-0.2, -0.15) is 0 Å². The SMILES string of the molecule is O=[N+]([O-])c1ccc(O[C@H]2[C@H](O)[C@H](O)CO[C@H]2O)cc1. The molecule has 0 saturated carbocycles. The van der Waals surface area contributed by atoms with Gasteiger partial charge in [0.15, 0.2) is 12.4 Å². The highest BCUT2D eigenvalue weighted by atomic mass is 16.6. The molecule has 8 heteroatoms. The second kappa shape index (κ2) is 5.49. The molecule has 3 N–H and O–H groups in total. The van der Waals surface area contributed by atoms with Gasteiger partial charge < -0.3 is 24.8 Å². The van der Waals surface area contributed by atoms with Crippen molar-refractivity contribution in [2.24, 2.45) is 0 Å². The standard InChI is InChI=1S/C11H13NO7/c13-8-5-18-11(15)10(9(8)14)19-7-3-1-6(2-4-7)12(16)17/h1-4,8-11,13-15H,5H2/t8-,9-,10+,11-/m1/s1. The van der Waals surface area contributed by atoms with Crippen LogP contribution in [0.5, 0.6) is 5.75 Å². The molecule has 8 nitrogen and oxygen atoms in total. The van der Waals surface area contributed by atoms with Gasteiger partial charge >= 0.3 is 0 Å². The second-order valence-electron chi connectivity index (χ2n) is 4.12. The first-order valence-corrected chi connectivity index (χ1v) is 5.56. The zero-order valence-electron chi connectivity index (χ0n) is 9.75. The van der Waals surface area contributed by atoms with Crippen LogP contribution >= 0.6 is 0 Å². The summed E-state index contributed by atoms with van der Waals surface area (Å²) in [5.74, 6) is 0.214. The Labute approximate surface area is 108 Å². The maximum atomic E-state index is 10.5. The molecule has 1 aliphatic heterocycles. The van der Waals surface area contributed by atoms with E-state index >= 15 is 0 Å². The number of benzene rings is 1. The van der Waals surface area contributed by atoms with E-state index in [-0.39, 0.29) is 18.0 Å². The van der Waals surface area contributed by atoms with Gasteiger partial charge in [-0.3, -0.25) is 10.1 Å². The van der Waals surface area contributed by atoms with E-state index in [1.807, 2.05) is 0 Å². The van der Waals surface area contributed by atoms with Gasteiger partial charge in [-0.25, -0.2) is 0 Å². The van der Waals surface area contributed by atoms with Gasteiger partial charge in [-0.15, -0.1) is 0 Å². The lowest BCUT2D eigenvalue weighted by molar-refractivity contribution is -0.384. The van der Waals surface area contributed by atoms with Crippen LogP contribution in [0, 0.1) is 10.1 Å². The lowest BCUT2D eigenvalue weighted by atomic mass is 10.1. The van der Waals surface area contributed by atoms with Crippen molar-refractivity contribution in [2.75, 3.05) is 6.61 Å². The molecule has 1 aromatic carbocycles. The minimum absolute atomic E-state index is 0.103. The minimum atomic E-state index is -1.38. The van der Waals surface area contributed by atoms with Crippen molar-refractivity contribution in [3.63, 3.8) is 0 Å². The molecule has 104 valence electrons. The number of non-ortho nitro benzene ring substituents is 1. The molecular formula is C11H13NO7. The molecule has 1 aromatic rings. The molecular weight excluding hydrogens is 258 g/mol. The molecule has 0 unspecified atom stereocenters. The van der Waals surface area contributed by atoms with Gasteiger partial charge in [0.1, 0.15) is 18.0 Å². The van der Waals surface area contributed by atoms with Crippen LogP contribution in [-0.4, -0.2) is 51.5 Å². The number of aliphatic hydroxyl groups excluding tert-OH is 3. The molecule has 0 bridgehead atoms. The Balaban J connectivity index is 2.08. The Morgan fingerprint density at radius 1 is 1.26 bits per heavy atom. The van der Waals surface area contributed by atoms with Crippen molar-refractivity contribution in [1.29, 1.82) is 0 Å². The summed E-state index contributed by atoms with van der Waals surface area (Å²) in [6.45, 7) is -0.192. The Morgan fingerprint density at radius 3 is 2.47 bits per heavy atom. The summed E-state index contributed by atoms with van der Waals surface area (Å²) in [6, 6.07) is 5.12. The summed E-state index contributed by atoms with van der Waals surface area (Å²) in [4.78, 5) is 9.93. The Kier molecular flexibility index (Phi) is 3.96. The number of nitro benzene ring substituents is 1. The first kappa shape index (κ1) is 13.7. The fourth-order valence-electron chi connectivity index (χ4n) is 1.71. The van der Waals surface area contributed by atoms with Crippen LogP contribution in [0.25, 0.3) is 0 Å². The number of hydrogen-bond acceptors (Lipinski definition) is 7. The van der Waals surface area contributed by atoms with Crippen molar-refractivity contribution < 1.29 is 29.7 Å². The predicted octanol–water partition coefficient (Wildman–Crippen LogP) is -0.587. The smallest absolute Gasteiger partial charge is 0.269 e. The fourth-order valence-corrected chi connectivity index (χ4v) is 1.71. The third-order valence-corrected chi connectivity index (χ3v) is 2.77. The Hall–Kier alpha value is -1.74. The van der Waals surface area contributed by atoms with Crippen LogP contribution < -0.4 is 4.74 Å². The number of hydrogen-bond donors (Lipinski definition) is 3. The minimum Gasteiger partial charge on any atom is -0.482 e. The van der Waals surface area contributed by atoms with Crippen molar-refractivity contribution in [3.05, 3.63) is 34.4 Å². The lowest BCUT2D eigenvalue weighted by Gasteiger charge is -2.35. The summed E-state index contributed by atoms with van der Waals surface area (Å²) in [5, 5.41) is 39.1. The first-order valence-electron chi connectivity index (χ1n) is 5.56. The third-order valence-electron chi connectivity index (χ3n) is 2.77. The van der Waals surface area contributed by atoms with Crippen LogP contribution in [0.3, 0.4) is 0 Å². The first-order chi connectivity index (χ1) is 8.99. The van der Waals surface area contributed by atoms with Gasteiger partial charge in [-0.1, -0.05) is 0 Å². The van der Waals surface area contributed by atoms with E-state index < -0.39 is 29.5 Å². The van der Waals surface area contributed by atoms with Crippen molar-refractivity contribution in [1.82, 2.24) is 0 Å². The number of nitrogens with zero attached hydrogens (tertiary/aromatic N) is 1. The number of aliphatic hydroxyl groups is 3. The monoisotopic (exact) mass is 271 g/mol. The fraction of sp³-hybridized carbons (Fsp3) is 0.455. The van der Waals surface area contributed by atoms with Crippen LogP contribution in [0.4, 0.5) is 5.69 Å². The molecule has 0 aromatic heterocycles. The van der Waals surface area contributed by atoms with E-state index in [0.717, 1.165) is 0 Å². The number of nitro groups is 1. The van der Waals surface area contributed by atoms with E-state index in [9.17, 15) is 25.4 Å². The molecule has 0 radical (unpaired) electrons. The average Bonchev–Trinajstić information content (AvgIpc) is 2.40. The summed E-state index contributed by atoms with van der Waals surface area (Å²) in [6.07, 6.45) is -5.01. The molecule has 4 atom stereocenters. The maximum Gasteiger partial charge on any atom is 0.269 e. The van der Waals surface area contributed by atoms with Gasteiger partial charge in [-0.05, 0) is 12.1 Å². The highest BCUT2D eigenvalue weighted by Gasteiger charge is 2.39. The molecule has 1 fully saturated rings. The number of rotatable bonds is 3. The van der Waals surface area contributed by atoms with Crippen LogP contribution in [0.2, 0.25) is 0 Å². The summed E-state index contributed by atoms with van der Waals surface area (Å²) >= 11 is 0. The highest BCUT2D eigenvalue weighted by molar-refractivity contribution is 5.36. The highest BCUT2D eigenvalue weighted by Crippen LogP contribution is 2.23. The van der Waals surface area contributed by atoms with E-state index in [2.05, 4.69) is 0 Å². The van der Waals surface area contributed by atoms with Gasteiger partial charge in [0.2, 0.25) is 0 Å². The third kappa shape index (κ3) is 2.99. The van der Waals surface area contributed by atoms with E-state index in [0.29, 0.717) is 0 Å². The van der Waals surface area contributed by atoms with Crippen molar-refractivity contribution >= 4 is 5.69 Å². The number of ether oxygens (including phenoxy) is 2. The van der Waals surface area contributed by atoms with Crippen LogP contribution in [0.1, 0.15) is 0 Å².